The van der Waals surface area contributed by atoms with Gasteiger partial charge in [-0.2, -0.15) is 0 Å². The predicted molar refractivity (Wildman–Crippen MR) is 99.8 cm³/mol. The molecule has 0 bridgehead atoms. The lowest BCUT2D eigenvalue weighted by Gasteiger charge is -2.26. The van der Waals surface area contributed by atoms with Crippen LogP contribution in [0.1, 0.15) is 25.0 Å². The lowest BCUT2D eigenvalue weighted by Crippen LogP contribution is -2.18. The van der Waals surface area contributed by atoms with Gasteiger partial charge in [0.25, 0.3) is 0 Å². The maximum atomic E-state index is 5.63. The average Bonchev–Trinajstić information content (AvgIpc) is 2.63. The summed E-state index contributed by atoms with van der Waals surface area (Å²) in [6, 6.07) is 16.5. The van der Waals surface area contributed by atoms with Gasteiger partial charge in [-0.1, -0.05) is 38.1 Å². The molecule has 25 heavy (non-hydrogen) atoms. The Morgan fingerprint density at radius 3 is 1.28 bits per heavy atom. The van der Waals surface area contributed by atoms with Gasteiger partial charge >= 0.3 is 0 Å². The highest BCUT2D eigenvalue weighted by Crippen LogP contribution is 2.33. The van der Waals surface area contributed by atoms with Crippen molar-refractivity contribution in [2.75, 3.05) is 40.6 Å². The molecule has 4 heteroatoms. The average molecular weight is 344 g/mol. The van der Waals surface area contributed by atoms with Crippen LogP contribution in [0.5, 0.6) is 11.5 Å². The van der Waals surface area contributed by atoms with Crippen LogP contribution < -0.4 is 9.47 Å². The van der Waals surface area contributed by atoms with Crippen LogP contribution in [0.15, 0.2) is 48.5 Å². The van der Waals surface area contributed by atoms with Crippen molar-refractivity contribution < 1.29 is 18.9 Å². The first-order valence-corrected chi connectivity index (χ1v) is 8.52. The van der Waals surface area contributed by atoms with Gasteiger partial charge in [-0.05, 0) is 35.4 Å². The van der Waals surface area contributed by atoms with Crippen LogP contribution in [0.25, 0.3) is 0 Å². The van der Waals surface area contributed by atoms with Crippen LogP contribution in [-0.2, 0) is 14.9 Å². The molecule has 0 fully saturated rings. The van der Waals surface area contributed by atoms with Crippen molar-refractivity contribution in [3.63, 3.8) is 0 Å². The molecule has 0 N–H and O–H groups in total. The van der Waals surface area contributed by atoms with Crippen molar-refractivity contribution in [1.29, 1.82) is 0 Å². The van der Waals surface area contributed by atoms with Crippen molar-refractivity contribution in [3.05, 3.63) is 59.7 Å². The van der Waals surface area contributed by atoms with E-state index in [4.69, 9.17) is 18.9 Å². The normalized spacial score (nSPS) is 11.4. The van der Waals surface area contributed by atoms with Gasteiger partial charge in [0.15, 0.2) is 0 Å². The molecule has 4 nitrogen and oxygen atoms in total. The number of hydrogen-bond donors (Lipinski definition) is 0. The minimum absolute atomic E-state index is 0.101. The molecule has 2 rings (SSSR count). The second-order valence-corrected chi connectivity index (χ2v) is 6.36. The van der Waals surface area contributed by atoms with Crippen molar-refractivity contribution >= 4 is 0 Å². The maximum Gasteiger partial charge on any atom is 0.119 e. The Labute approximate surface area is 150 Å². The number of rotatable bonds is 10. The van der Waals surface area contributed by atoms with Crippen LogP contribution in [0, 0.1) is 0 Å². The summed E-state index contributed by atoms with van der Waals surface area (Å²) in [4.78, 5) is 0. The first-order chi connectivity index (χ1) is 12.1. The Morgan fingerprint density at radius 1 is 0.600 bits per heavy atom. The molecule has 0 aliphatic rings. The molecule has 0 heterocycles. The summed E-state index contributed by atoms with van der Waals surface area (Å²) in [6.07, 6.45) is 0. The smallest absolute Gasteiger partial charge is 0.119 e. The number of benzene rings is 2. The molecular weight excluding hydrogens is 316 g/mol. The molecule has 0 saturated carbocycles. The molecule has 0 aliphatic heterocycles. The zero-order chi connectivity index (χ0) is 18.1. The molecule has 0 aliphatic carbocycles. The van der Waals surface area contributed by atoms with E-state index in [9.17, 15) is 0 Å². The third kappa shape index (κ3) is 5.48. The number of hydrogen-bond acceptors (Lipinski definition) is 4. The highest BCUT2D eigenvalue weighted by Gasteiger charge is 2.23. The molecule has 0 spiro atoms. The highest BCUT2D eigenvalue weighted by atomic mass is 16.5. The monoisotopic (exact) mass is 344 g/mol. The molecule has 0 amide bonds. The quantitative estimate of drug-likeness (QED) is 0.609. The summed E-state index contributed by atoms with van der Waals surface area (Å²) in [5.74, 6) is 1.72. The fourth-order valence-corrected chi connectivity index (χ4v) is 2.59. The van der Waals surface area contributed by atoms with Gasteiger partial charge in [-0.3, -0.25) is 0 Å². The van der Waals surface area contributed by atoms with E-state index >= 15 is 0 Å². The van der Waals surface area contributed by atoms with Crippen molar-refractivity contribution in [3.8, 4) is 11.5 Å². The Kier molecular flexibility index (Phi) is 7.29. The van der Waals surface area contributed by atoms with Gasteiger partial charge in [0.2, 0.25) is 0 Å². The minimum Gasteiger partial charge on any atom is -0.491 e. The van der Waals surface area contributed by atoms with Crippen LogP contribution in [0.2, 0.25) is 0 Å². The van der Waals surface area contributed by atoms with Gasteiger partial charge < -0.3 is 18.9 Å². The Morgan fingerprint density at radius 2 is 0.960 bits per heavy atom. The van der Waals surface area contributed by atoms with Crippen LogP contribution in [0.4, 0.5) is 0 Å². The molecular formula is C21H28O4. The topological polar surface area (TPSA) is 36.9 Å². The van der Waals surface area contributed by atoms with Gasteiger partial charge in [0, 0.05) is 19.6 Å². The second-order valence-electron chi connectivity index (χ2n) is 6.36. The summed E-state index contributed by atoms with van der Waals surface area (Å²) < 4.78 is 21.3. The Bertz CT molecular complexity index is 562. The van der Waals surface area contributed by atoms with E-state index in [0.717, 1.165) is 11.5 Å². The number of methoxy groups -OCH3 is 2. The van der Waals surface area contributed by atoms with E-state index in [1.807, 2.05) is 24.3 Å². The zero-order valence-corrected chi connectivity index (χ0v) is 15.6. The summed E-state index contributed by atoms with van der Waals surface area (Å²) >= 11 is 0. The fourth-order valence-electron chi connectivity index (χ4n) is 2.59. The zero-order valence-electron chi connectivity index (χ0n) is 15.6. The Hall–Kier alpha value is -2.04. The van der Waals surface area contributed by atoms with Crippen LogP contribution in [0.3, 0.4) is 0 Å². The lowest BCUT2D eigenvalue weighted by atomic mass is 9.78. The molecule has 0 unspecified atom stereocenters. The molecule has 0 atom stereocenters. The van der Waals surface area contributed by atoms with Crippen molar-refractivity contribution in [2.45, 2.75) is 19.3 Å². The second kappa shape index (κ2) is 9.44. The lowest BCUT2D eigenvalue weighted by molar-refractivity contribution is 0.146. The first kappa shape index (κ1) is 19.3. The first-order valence-electron chi connectivity index (χ1n) is 8.52. The van der Waals surface area contributed by atoms with Crippen LogP contribution >= 0.6 is 0 Å². The van der Waals surface area contributed by atoms with Crippen LogP contribution in [-0.4, -0.2) is 40.6 Å². The fraction of sp³-hybridized carbons (Fsp3) is 0.429. The largest absolute Gasteiger partial charge is 0.491 e. The molecule has 136 valence electrons. The molecule has 2 aromatic rings. The minimum atomic E-state index is -0.101. The SMILES string of the molecule is COCCOc1ccc(C(C)(C)c2ccc(OCCOC)cc2)cc1. The van der Waals surface area contributed by atoms with Gasteiger partial charge in [0.05, 0.1) is 13.2 Å². The standard InChI is InChI=1S/C21H28O4/c1-21(2,17-5-9-19(10-6-17)24-15-13-22-3)18-7-11-20(12-8-18)25-16-14-23-4/h5-12H,13-16H2,1-4H3. The van der Waals surface area contributed by atoms with Crippen molar-refractivity contribution in [1.82, 2.24) is 0 Å². The van der Waals surface area contributed by atoms with E-state index in [0.29, 0.717) is 26.4 Å². The Balaban J connectivity index is 2.04. The molecule has 2 aromatic carbocycles. The third-order valence-electron chi connectivity index (χ3n) is 4.26. The van der Waals surface area contributed by atoms with Gasteiger partial charge in [0.1, 0.15) is 24.7 Å². The molecule has 0 saturated heterocycles. The van der Waals surface area contributed by atoms with E-state index in [2.05, 4.69) is 38.1 Å². The summed E-state index contributed by atoms with van der Waals surface area (Å²) in [5, 5.41) is 0. The molecule has 0 aromatic heterocycles. The van der Waals surface area contributed by atoms with Gasteiger partial charge in [-0.15, -0.1) is 0 Å². The van der Waals surface area contributed by atoms with Crippen molar-refractivity contribution in [2.24, 2.45) is 0 Å². The van der Waals surface area contributed by atoms with E-state index in [-0.39, 0.29) is 5.41 Å². The third-order valence-corrected chi connectivity index (χ3v) is 4.26. The summed E-state index contributed by atoms with van der Waals surface area (Å²) in [7, 11) is 3.34. The summed E-state index contributed by atoms with van der Waals surface area (Å²) in [5.41, 5.74) is 2.37. The van der Waals surface area contributed by atoms with E-state index in [1.54, 1.807) is 14.2 Å². The van der Waals surface area contributed by atoms with Gasteiger partial charge in [-0.25, -0.2) is 0 Å². The highest BCUT2D eigenvalue weighted by molar-refractivity contribution is 5.41. The maximum absolute atomic E-state index is 5.63. The van der Waals surface area contributed by atoms with E-state index < -0.39 is 0 Å². The number of ether oxygens (including phenoxy) is 4. The summed E-state index contributed by atoms with van der Waals surface area (Å²) in [6.45, 7) is 6.73. The van der Waals surface area contributed by atoms with E-state index in [1.165, 1.54) is 11.1 Å². The predicted octanol–water partition coefficient (Wildman–Crippen LogP) is 4.06. The molecule has 0 radical (unpaired) electrons.